The van der Waals surface area contributed by atoms with Gasteiger partial charge in [-0.3, -0.25) is 4.79 Å². The zero-order valence-corrected chi connectivity index (χ0v) is 15.4. The number of nitrogens with one attached hydrogen (secondary N) is 1. The number of benzene rings is 1. The Morgan fingerprint density at radius 2 is 2.00 bits per heavy atom. The van der Waals surface area contributed by atoms with Gasteiger partial charge >= 0.3 is 0 Å². The molecular weight excluding hydrogens is 342 g/mol. The molecule has 1 aromatic carbocycles. The Morgan fingerprint density at radius 1 is 1.15 bits per heavy atom. The summed E-state index contributed by atoms with van der Waals surface area (Å²) in [7, 11) is 0. The normalized spacial score (nSPS) is 14.4. The maximum Gasteiger partial charge on any atom is 0.260 e. The lowest BCUT2D eigenvalue weighted by atomic mass is 10.0. The van der Waals surface area contributed by atoms with Crippen molar-refractivity contribution in [3.8, 4) is 17.3 Å². The molecule has 4 rings (SSSR count). The molecule has 0 radical (unpaired) electrons. The Labute approximate surface area is 157 Å². The number of aromatic nitrogens is 4. The van der Waals surface area contributed by atoms with Crippen molar-refractivity contribution in [3.05, 3.63) is 53.3 Å². The Morgan fingerprint density at radius 3 is 2.89 bits per heavy atom. The average Bonchev–Trinajstić information content (AvgIpc) is 3.12. The van der Waals surface area contributed by atoms with E-state index in [0.717, 1.165) is 30.5 Å². The first-order valence-corrected chi connectivity index (χ1v) is 9.02. The Balaban J connectivity index is 1.75. The van der Waals surface area contributed by atoms with E-state index in [9.17, 15) is 4.79 Å². The fraction of sp³-hybridized carbons (Fsp3) is 0.300. The van der Waals surface area contributed by atoms with Gasteiger partial charge in [0.25, 0.3) is 5.91 Å². The van der Waals surface area contributed by atoms with Crippen molar-refractivity contribution in [1.82, 2.24) is 19.7 Å². The minimum Gasteiger partial charge on any atom is -0.493 e. The first-order valence-electron chi connectivity index (χ1n) is 9.02. The number of pyridine rings is 1. The van der Waals surface area contributed by atoms with Crippen LogP contribution in [0, 0.1) is 13.8 Å². The number of hydrogen-bond acceptors (Lipinski definition) is 5. The summed E-state index contributed by atoms with van der Waals surface area (Å²) in [5.41, 5.74) is 3.34. The zero-order chi connectivity index (χ0) is 18.8. The van der Waals surface area contributed by atoms with Crippen molar-refractivity contribution in [2.45, 2.75) is 33.2 Å². The van der Waals surface area contributed by atoms with Crippen molar-refractivity contribution < 1.29 is 9.53 Å². The van der Waals surface area contributed by atoms with Crippen LogP contribution in [0.15, 0.2) is 36.7 Å². The molecule has 138 valence electrons. The van der Waals surface area contributed by atoms with Crippen molar-refractivity contribution in [2.75, 3.05) is 11.9 Å². The molecule has 0 saturated heterocycles. The fourth-order valence-corrected chi connectivity index (χ4v) is 3.08. The average molecular weight is 363 g/mol. The number of anilines is 1. The summed E-state index contributed by atoms with van der Waals surface area (Å²) < 4.78 is 7.91. The number of amides is 1. The van der Waals surface area contributed by atoms with Gasteiger partial charge in [-0.05, 0) is 62.1 Å². The van der Waals surface area contributed by atoms with Crippen LogP contribution in [-0.4, -0.2) is 32.3 Å². The molecule has 3 aromatic rings. The second-order valence-electron chi connectivity index (χ2n) is 6.70. The topological polar surface area (TPSA) is 81.9 Å². The molecule has 7 nitrogen and oxygen atoms in total. The molecule has 0 aliphatic carbocycles. The highest BCUT2D eigenvalue weighted by Gasteiger charge is 2.17. The summed E-state index contributed by atoms with van der Waals surface area (Å²) in [6, 6.07) is 9.27. The van der Waals surface area contributed by atoms with E-state index in [1.54, 1.807) is 12.4 Å². The summed E-state index contributed by atoms with van der Waals surface area (Å²) in [6.07, 6.45) is 3.48. The molecule has 0 atom stereocenters. The molecule has 2 bridgehead atoms. The minimum atomic E-state index is -0.240. The molecule has 1 aliphatic rings. The van der Waals surface area contributed by atoms with E-state index in [4.69, 9.17) is 4.74 Å². The van der Waals surface area contributed by atoms with Crippen LogP contribution < -0.4 is 10.1 Å². The van der Waals surface area contributed by atoms with Gasteiger partial charge < -0.3 is 14.6 Å². The van der Waals surface area contributed by atoms with Gasteiger partial charge in [-0.15, -0.1) is 10.2 Å². The van der Waals surface area contributed by atoms with Crippen LogP contribution >= 0.6 is 0 Å². The number of carbonyl (C=O) groups is 1. The van der Waals surface area contributed by atoms with E-state index in [-0.39, 0.29) is 5.91 Å². The number of aryl methyl sites for hydroxylation is 3. The molecule has 1 amide bonds. The predicted molar refractivity (Wildman–Crippen MR) is 102 cm³/mol. The van der Waals surface area contributed by atoms with E-state index in [0.29, 0.717) is 35.3 Å². The third-order valence-electron chi connectivity index (χ3n) is 4.73. The summed E-state index contributed by atoms with van der Waals surface area (Å²) in [4.78, 5) is 17.4. The van der Waals surface area contributed by atoms with Crippen LogP contribution in [0.4, 0.5) is 5.82 Å². The minimum absolute atomic E-state index is 0.240. The number of ether oxygens (including phenoxy) is 1. The predicted octanol–water partition coefficient (Wildman–Crippen LogP) is 3.38. The van der Waals surface area contributed by atoms with Gasteiger partial charge in [0.15, 0.2) is 5.82 Å². The van der Waals surface area contributed by atoms with Crippen LogP contribution in [0.1, 0.15) is 34.3 Å². The number of fused-ring (bicyclic) bond motifs is 5. The SMILES string of the molecule is Cc1cc2c(cc1C)C(=O)Nc1cccc(n1)-c1nncn1CCCCO2. The molecule has 0 spiro atoms. The molecule has 7 heteroatoms. The van der Waals surface area contributed by atoms with Gasteiger partial charge in [0.1, 0.15) is 23.6 Å². The molecule has 2 aromatic heterocycles. The maximum absolute atomic E-state index is 12.9. The molecule has 27 heavy (non-hydrogen) atoms. The number of carbonyl (C=O) groups excluding carboxylic acids is 1. The number of hydrogen-bond donors (Lipinski definition) is 1. The molecule has 0 unspecified atom stereocenters. The van der Waals surface area contributed by atoms with E-state index in [1.807, 2.05) is 42.7 Å². The smallest absolute Gasteiger partial charge is 0.260 e. The highest BCUT2D eigenvalue weighted by Crippen LogP contribution is 2.25. The molecule has 0 saturated carbocycles. The van der Waals surface area contributed by atoms with Gasteiger partial charge in [-0.2, -0.15) is 0 Å². The van der Waals surface area contributed by atoms with Crippen molar-refractivity contribution >= 4 is 11.7 Å². The molecule has 0 fully saturated rings. The van der Waals surface area contributed by atoms with E-state index in [2.05, 4.69) is 20.5 Å². The number of nitrogens with zero attached hydrogens (tertiary/aromatic N) is 4. The van der Waals surface area contributed by atoms with Gasteiger partial charge in [0, 0.05) is 6.54 Å². The first-order chi connectivity index (χ1) is 13.1. The lowest BCUT2D eigenvalue weighted by molar-refractivity contribution is 0.102. The summed E-state index contributed by atoms with van der Waals surface area (Å²) >= 11 is 0. The summed E-state index contributed by atoms with van der Waals surface area (Å²) in [5, 5.41) is 11.1. The lowest BCUT2D eigenvalue weighted by Crippen LogP contribution is -2.16. The highest BCUT2D eigenvalue weighted by atomic mass is 16.5. The van der Waals surface area contributed by atoms with Crippen molar-refractivity contribution in [3.63, 3.8) is 0 Å². The van der Waals surface area contributed by atoms with E-state index >= 15 is 0 Å². The summed E-state index contributed by atoms with van der Waals surface area (Å²) in [5.74, 6) is 1.52. The maximum atomic E-state index is 12.9. The highest BCUT2D eigenvalue weighted by molar-refractivity contribution is 6.06. The molecule has 1 aliphatic heterocycles. The first kappa shape index (κ1) is 17.2. The molecular formula is C20H21N5O2. The second-order valence-corrected chi connectivity index (χ2v) is 6.70. The van der Waals surface area contributed by atoms with Gasteiger partial charge in [0.05, 0.1) is 12.2 Å². The van der Waals surface area contributed by atoms with Crippen molar-refractivity contribution in [2.24, 2.45) is 0 Å². The Bertz CT molecular complexity index is 996. The van der Waals surface area contributed by atoms with Crippen LogP contribution in [0.5, 0.6) is 5.75 Å². The largest absolute Gasteiger partial charge is 0.493 e. The quantitative estimate of drug-likeness (QED) is 0.662. The molecule has 1 N–H and O–H groups in total. The van der Waals surface area contributed by atoms with Gasteiger partial charge in [-0.25, -0.2) is 4.98 Å². The fourth-order valence-electron chi connectivity index (χ4n) is 3.08. The Hall–Kier alpha value is -3.22. The van der Waals surface area contributed by atoms with Gasteiger partial charge in [-0.1, -0.05) is 6.07 Å². The van der Waals surface area contributed by atoms with E-state index < -0.39 is 0 Å². The number of rotatable bonds is 0. The summed E-state index contributed by atoms with van der Waals surface area (Å²) in [6.45, 7) is 5.33. The van der Waals surface area contributed by atoms with Crippen LogP contribution in [0.2, 0.25) is 0 Å². The monoisotopic (exact) mass is 363 g/mol. The van der Waals surface area contributed by atoms with Crippen LogP contribution in [0.3, 0.4) is 0 Å². The van der Waals surface area contributed by atoms with Crippen molar-refractivity contribution in [1.29, 1.82) is 0 Å². The third kappa shape index (κ3) is 3.53. The van der Waals surface area contributed by atoms with Gasteiger partial charge in [0.2, 0.25) is 0 Å². The van der Waals surface area contributed by atoms with Crippen LogP contribution in [0.25, 0.3) is 11.5 Å². The Kier molecular flexibility index (Phi) is 4.58. The standard InChI is InChI=1S/C20H21N5O2/c1-13-10-15-17(11-14(13)2)27-9-4-3-8-25-12-21-24-19(25)16-6-5-7-18(22-16)23-20(15)26/h5-7,10-12H,3-4,8-9H2,1-2H3,(H,22,23,26). The zero-order valence-electron chi connectivity index (χ0n) is 15.4. The second kappa shape index (κ2) is 7.19. The lowest BCUT2D eigenvalue weighted by Gasteiger charge is -2.15. The van der Waals surface area contributed by atoms with Crippen LogP contribution in [-0.2, 0) is 6.54 Å². The molecule has 3 heterocycles. The van der Waals surface area contributed by atoms with E-state index in [1.165, 1.54) is 0 Å². The third-order valence-corrected chi connectivity index (χ3v) is 4.73.